The molecule has 0 atom stereocenters. The second kappa shape index (κ2) is 4.56. The van der Waals surface area contributed by atoms with Gasteiger partial charge in [0.2, 0.25) is 0 Å². The number of aromatic nitrogens is 1. The average Bonchev–Trinajstić information content (AvgIpc) is 2.69. The third kappa shape index (κ3) is 2.04. The summed E-state index contributed by atoms with van der Waals surface area (Å²) < 4.78 is 2.35. The number of allylic oxidation sites excluding steroid dienone is 1. The molecule has 0 aliphatic heterocycles. The molecule has 16 heavy (non-hydrogen) atoms. The van der Waals surface area contributed by atoms with Gasteiger partial charge in [-0.3, -0.25) is 0 Å². The van der Waals surface area contributed by atoms with Crippen molar-refractivity contribution in [3.63, 3.8) is 0 Å². The van der Waals surface area contributed by atoms with Crippen LogP contribution in [-0.4, -0.2) is 4.57 Å². The fourth-order valence-corrected chi connectivity index (χ4v) is 2.12. The SMILES string of the molecule is C=C(C)CCn1ccc2cccc(CC)c21. The molecule has 0 radical (unpaired) electrons. The van der Waals surface area contributed by atoms with Crippen molar-refractivity contribution < 1.29 is 0 Å². The maximum absolute atomic E-state index is 3.96. The van der Waals surface area contributed by atoms with Gasteiger partial charge in [-0.05, 0) is 36.8 Å². The molecule has 2 rings (SSSR count). The molecule has 0 spiro atoms. The van der Waals surface area contributed by atoms with E-state index in [4.69, 9.17) is 0 Å². The van der Waals surface area contributed by atoms with E-state index in [0.29, 0.717) is 0 Å². The van der Waals surface area contributed by atoms with Gasteiger partial charge in [0.05, 0.1) is 5.52 Å². The zero-order valence-electron chi connectivity index (χ0n) is 10.2. The second-order valence-corrected chi connectivity index (χ2v) is 4.42. The number of para-hydroxylation sites is 1. The van der Waals surface area contributed by atoms with E-state index in [2.05, 4.69) is 55.5 Å². The first kappa shape index (κ1) is 11.0. The maximum atomic E-state index is 3.96. The highest BCUT2D eigenvalue weighted by atomic mass is 14.9. The van der Waals surface area contributed by atoms with Crippen LogP contribution in [0.15, 0.2) is 42.6 Å². The van der Waals surface area contributed by atoms with E-state index in [1.807, 2.05) is 0 Å². The highest BCUT2D eigenvalue weighted by Crippen LogP contribution is 2.21. The van der Waals surface area contributed by atoms with Gasteiger partial charge in [0, 0.05) is 12.7 Å². The molecular weight excluding hydrogens is 194 g/mol. The summed E-state index contributed by atoms with van der Waals surface area (Å²) in [5.74, 6) is 0. The largest absolute Gasteiger partial charge is 0.347 e. The van der Waals surface area contributed by atoms with Crippen LogP contribution >= 0.6 is 0 Å². The van der Waals surface area contributed by atoms with Crippen LogP contribution in [0.4, 0.5) is 0 Å². The van der Waals surface area contributed by atoms with Crippen molar-refractivity contribution >= 4 is 10.9 Å². The van der Waals surface area contributed by atoms with E-state index in [1.54, 1.807) is 0 Å². The molecule has 0 fully saturated rings. The molecule has 0 aliphatic carbocycles. The standard InChI is InChI=1S/C15H19N/c1-4-13-6-5-7-14-9-11-16(15(13)14)10-8-12(2)3/h5-7,9,11H,2,4,8,10H2,1,3H3. The lowest BCUT2D eigenvalue weighted by Gasteiger charge is -2.08. The van der Waals surface area contributed by atoms with Gasteiger partial charge >= 0.3 is 0 Å². The van der Waals surface area contributed by atoms with Crippen molar-refractivity contribution in [2.75, 3.05) is 0 Å². The third-order valence-corrected chi connectivity index (χ3v) is 3.03. The summed E-state index contributed by atoms with van der Waals surface area (Å²) >= 11 is 0. The number of fused-ring (bicyclic) bond motifs is 1. The van der Waals surface area contributed by atoms with Gasteiger partial charge in [0.25, 0.3) is 0 Å². The number of rotatable bonds is 4. The Morgan fingerprint density at radius 3 is 2.81 bits per heavy atom. The van der Waals surface area contributed by atoms with E-state index in [-0.39, 0.29) is 0 Å². The minimum absolute atomic E-state index is 1.04. The molecular formula is C15H19N. The quantitative estimate of drug-likeness (QED) is 0.672. The normalized spacial score (nSPS) is 10.9. The van der Waals surface area contributed by atoms with Crippen molar-refractivity contribution in [3.8, 4) is 0 Å². The first-order valence-electron chi connectivity index (χ1n) is 5.93. The number of aryl methyl sites for hydroxylation is 2. The molecule has 84 valence electrons. The molecule has 1 aromatic heterocycles. The van der Waals surface area contributed by atoms with Crippen molar-refractivity contribution in [3.05, 3.63) is 48.2 Å². The minimum Gasteiger partial charge on any atom is -0.347 e. The van der Waals surface area contributed by atoms with Crippen LogP contribution in [-0.2, 0) is 13.0 Å². The Labute approximate surface area is 97.4 Å². The highest BCUT2D eigenvalue weighted by Gasteiger charge is 2.04. The van der Waals surface area contributed by atoms with Gasteiger partial charge in [-0.1, -0.05) is 30.7 Å². The average molecular weight is 213 g/mol. The molecule has 1 nitrogen and oxygen atoms in total. The van der Waals surface area contributed by atoms with E-state index in [1.165, 1.54) is 22.0 Å². The molecule has 0 unspecified atom stereocenters. The topological polar surface area (TPSA) is 4.93 Å². The zero-order valence-corrected chi connectivity index (χ0v) is 10.2. The fourth-order valence-electron chi connectivity index (χ4n) is 2.12. The summed E-state index contributed by atoms with van der Waals surface area (Å²) in [4.78, 5) is 0. The molecule has 1 heterocycles. The number of hydrogen-bond donors (Lipinski definition) is 0. The van der Waals surface area contributed by atoms with Crippen LogP contribution < -0.4 is 0 Å². The predicted octanol–water partition coefficient (Wildman–Crippen LogP) is 4.17. The molecule has 0 bridgehead atoms. The van der Waals surface area contributed by atoms with Gasteiger partial charge in [-0.15, -0.1) is 6.58 Å². The lowest BCUT2D eigenvalue weighted by Crippen LogP contribution is -1.98. The fraction of sp³-hybridized carbons (Fsp3) is 0.333. The Kier molecular flexibility index (Phi) is 3.14. The zero-order chi connectivity index (χ0) is 11.5. The Hall–Kier alpha value is -1.50. The molecule has 1 aromatic carbocycles. The van der Waals surface area contributed by atoms with Crippen LogP contribution in [0.5, 0.6) is 0 Å². The van der Waals surface area contributed by atoms with E-state index in [0.717, 1.165) is 19.4 Å². The summed E-state index contributed by atoms with van der Waals surface area (Å²) in [5, 5.41) is 1.35. The van der Waals surface area contributed by atoms with E-state index < -0.39 is 0 Å². The molecule has 0 saturated heterocycles. The summed E-state index contributed by atoms with van der Waals surface area (Å²) in [5.41, 5.74) is 4.08. The second-order valence-electron chi connectivity index (χ2n) is 4.42. The Balaban J connectivity index is 2.41. The lowest BCUT2D eigenvalue weighted by atomic mass is 10.1. The van der Waals surface area contributed by atoms with Crippen LogP contribution in [0.3, 0.4) is 0 Å². The molecule has 0 saturated carbocycles. The van der Waals surface area contributed by atoms with Crippen LogP contribution in [0, 0.1) is 0 Å². The Morgan fingerprint density at radius 2 is 2.12 bits per heavy atom. The van der Waals surface area contributed by atoms with Gasteiger partial charge in [-0.25, -0.2) is 0 Å². The van der Waals surface area contributed by atoms with Crippen molar-refractivity contribution in [2.24, 2.45) is 0 Å². The van der Waals surface area contributed by atoms with Crippen LogP contribution in [0.25, 0.3) is 10.9 Å². The van der Waals surface area contributed by atoms with Crippen molar-refractivity contribution in [2.45, 2.75) is 33.2 Å². The first-order chi connectivity index (χ1) is 7.72. The summed E-state index contributed by atoms with van der Waals surface area (Å²) in [7, 11) is 0. The van der Waals surface area contributed by atoms with Crippen LogP contribution in [0.2, 0.25) is 0 Å². The third-order valence-electron chi connectivity index (χ3n) is 3.03. The van der Waals surface area contributed by atoms with Crippen molar-refractivity contribution in [1.82, 2.24) is 4.57 Å². The highest BCUT2D eigenvalue weighted by molar-refractivity contribution is 5.83. The molecule has 2 aromatic rings. The van der Waals surface area contributed by atoms with Gasteiger partial charge < -0.3 is 4.57 Å². The maximum Gasteiger partial charge on any atom is 0.0512 e. The smallest absolute Gasteiger partial charge is 0.0512 e. The minimum atomic E-state index is 1.04. The van der Waals surface area contributed by atoms with Crippen LogP contribution in [0.1, 0.15) is 25.8 Å². The predicted molar refractivity (Wildman–Crippen MR) is 70.7 cm³/mol. The summed E-state index contributed by atoms with van der Waals surface area (Å²) in [6.45, 7) is 9.30. The lowest BCUT2D eigenvalue weighted by molar-refractivity contribution is 0.716. The number of hydrogen-bond acceptors (Lipinski definition) is 0. The summed E-state index contributed by atoms with van der Waals surface area (Å²) in [6.07, 6.45) is 4.34. The monoisotopic (exact) mass is 213 g/mol. The van der Waals surface area contributed by atoms with Gasteiger partial charge in [0.15, 0.2) is 0 Å². The summed E-state index contributed by atoms with van der Waals surface area (Å²) in [6, 6.07) is 8.75. The molecule has 0 N–H and O–H groups in total. The first-order valence-corrected chi connectivity index (χ1v) is 5.93. The Bertz CT molecular complexity index is 505. The van der Waals surface area contributed by atoms with Gasteiger partial charge in [-0.2, -0.15) is 0 Å². The molecule has 0 amide bonds. The molecule has 1 heteroatoms. The van der Waals surface area contributed by atoms with Gasteiger partial charge in [0.1, 0.15) is 0 Å². The van der Waals surface area contributed by atoms with E-state index >= 15 is 0 Å². The van der Waals surface area contributed by atoms with E-state index in [9.17, 15) is 0 Å². The number of nitrogens with zero attached hydrogens (tertiary/aromatic N) is 1. The Morgan fingerprint density at radius 1 is 1.31 bits per heavy atom. The molecule has 0 aliphatic rings. The number of benzene rings is 1. The van der Waals surface area contributed by atoms with Crippen molar-refractivity contribution in [1.29, 1.82) is 0 Å².